The molecule has 24 heavy (non-hydrogen) atoms. The number of thiazole rings is 1. The molecule has 1 fully saturated rings. The predicted octanol–water partition coefficient (Wildman–Crippen LogP) is 3.62. The van der Waals surface area contributed by atoms with Gasteiger partial charge in [-0.05, 0) is 63.7 Å². The maximum Gasteiger partial charge on any atom is 0.220 e. The van der Waals surface area contributed by atoms with E-state index >= 15 is 0 Å². The Balaban J connectivity index is 1.37. The number of aryl methyl sites for hydroxylation is 1. The van der Waals surface area contributed by atoms with Gasteiger partial charge in [0.25, 0.3) is 0 Å². The van der Waals surface area contributed by atoms with Crippen LogP contribution >= 0.6 is 22.7 Å². The first kappa shape index (κ1) is 17.6. The zero-order chi connectivity index (χ0) is 16.8. The highest BCUT2D eigenvalue weighted by Crippen LogP contribution is 2.29. The summed E-state index contributed by atoms with van der Waals surface area (Å²) in [6.07, 6.45) is 5.01. The Morgan fingerprint density at radius 1 is 1.38 bits per heavy atom. The lowest BCUT2D eigenvalue weighted by atomic mass is 9.93. The number of piperidine rings is 1. The third-order valence-electron chi connectivity index (χ3n) is 4.47. The van der Waals surface area contributed by atoms with Crippen molar-refractivity contribution in [2.24, 2.45) is 5.92 Å². The summed E-state index contributed by atoms with van der Waals surface area (Å²) in [6, 6.07) is 4.28. The highest BCUT2D eigenvalue weighted by Gasteiger charge is 2.14. The second-order valence-corrected chi connectivity index (χ2v) is 8.58. The Hall–Kier alpha value is -1.24. The van der Waals surface area contributed by atoms with Crippen LogP contribution in [0.25, 0.3) is 10.6 Å². The van der Waals surface area contributed by atoms with E-state index in [4.69, 9.17) is 0 Å². The first-order chi connectivity index (χ1) is 11.7. The summed E-state index contributed by atoms with van der Waals surface area (Å²) in [7, 11) is 0. The lowest BCUT2D eigenvalue weighted by Gasteiger charge is -2.22. The van der Waals surface area contributed by atoms with Crippen LogP contribution in [0.3, 0.4) is 0 Å². The third kappa shape index (κ3) is 5.13. The summed E-state index contributed by atoms with van der Waals surface area (Å²) in [5.41, 5.74) is 1.07. The van der Waals surface area contributed by atoms with E-state index < -0.39 is 0 Å². The monoisotopic (exact) mass is 363 g/mol. The van der Waals surface area contributed by atoms with Crippen LogP contribution in [-0.2, 0) is 11.2 Å². The van der Waals surface area contributed by atoms with Crippen molar-refractivity contribution < 1.29 is 4.79 Å². The third-order valence-corrected chi connectivity index (χ3v) is 6.41. The molecule has 4 nitrogen and oxygen atoms in total. The average molecular weight is 364 g/mol. The fourth-order valence-corrected chi connectivity index (χ4v) is 4.70. The van der Waals surface area contributed by atoms with Crippen LogP contribution in [0, 0.1) is 12.8 Å². The topological polar surface area (TPSA) is 54.0 Å². The van der Waals surface area contributed by atoms with Gasteiger partial charge in [-0.25, -0.2) is 4.98 Å². The molecule has 0 atom stereocenters. The highest BCUT2D eigenvalue weighted by atomic mass is 32.1. The SMILES string of the molecule is Cc1nc(-c2ccc(CCNC(=O)CCC3CCNCC3)s2)cs1. The van der Waals surface area contributed by atoms with Gasteiger partial charge in [-0.1, -0.05) is 0 Å². The summed E-state index contributed by atoms with van der Waals surface area (Å²) in [5.74, 6) is 0.916. The van der Waals surface area contributed by atoms with Gasteiger partial charge >= 0.3 is 0 Å². The molecular weight excluding hydrogens is 338 g/mol. The van der Waals surface area contributed by atoms with Gasteiger partial charge in [-0.15, -0.1) is 22.7 Å². The molecular formula is C18H25N3OS2. The zero-order valence-electron chi connectivity index (χ0n) is 14.1. The summed E-state index contributed by atoms with van der Waals surface area (Å²) in [4.78, 5) is 19.0. The molecule has 1 saturated heterocycles. The van der Waals surface area contributed by atoms with Gasteiger partial charge in [0.15, 0.2) is 0 Å². The molecule has 130 valence electrons. The smallest absolute Gasteiger partial charge is 0.220 e. The summed E-state index contributed by atoms with van der Waals surface area (Å²) >= 11 is 3.45. The quantitative estimate of drug-likeness (QED) is 0.790. The van der Waals surface area contributed by atoms with E-state index in [-0.39, 0.29) is 5.91 Å². The minimum Gasteiger partial charge on any atom is -0.356 e. The minimum atomic E-state index is 0.195. The molecule has 1 aliphatic rings. The number of thiophene rings is 1. The Bertz CT molecular complexity index is 659. The molecule has 0 aromatic carbocycles. The van der Waals surface area contributed by atoms with Crippen molar-refractivity contribution in [1.29, 1.82) is 0 Å². The second-order valence-electron chi connectivity index (χ2n) is 6.35. The lowest BCUT2D eigenvalue weighted by molar-refractivity contribution is -0.121. The molecule has 0 aliphatic carbocycles. The van der Waals surface area contributed by atoms with Gasteiger partial charge < -0.3 is 10.6 Å². The van der Waals surface area contributed by atoms with Crippen LogP contribution in [0.15, 0.2) is 17.5 Å². The van der Waals surface area contributed by atoms with Crippen molar-refractivity contribution in [2.45, 2.75) is 39.0 Å². The number of hydrogen-bond acceptors (Lipinski definition) is 5. The molecule has 0 spiro atoms. The van der Waals surface area contributed by atoms with Crippen molar-refractivity contribution in [3.8, 4) is 10.6 Å². The summed E-state index contributed by atoms with van der Waals surface area (Å²) < 4.78 is 0. The van der Waals surface area contributed by atoms with Gasteiger partial charge in [0.05, 0.1) is 15.6 Å². The fraction of sp³-hybridized carbons (Fsp3) is 0.556. The van der Waals surface area contributed by atoms with Crippen molar-refractivity contribution in [3.63, 3.8) is 0 Å². The van der Waals surface area contributed by atoms with E-state index in [1.807, 2.05) is 6.92 Å². The number of aromatic nitrogens is 1. The second kappa shape index (κ2) is 8.74. The predicted molar refractivity (Wildman–Crippen MR) is 102 cm³/mol. The number of rotatable bonds is 7. The molecule has 0 bridgehead atoms. The Morgan fingerprint density at radius 3 is 2.96 bits per heavy atom. The molecule has 1 amide bonds. The first-order valence-electron chi connectivity index (χ1n) is 8.69. The van der Waals surface area contributed by atoms with E-state index in [0.717, 1.165) is 49.1 Å². The fourth-order valence-electron chi connectivity index (χ4n) is 3.05. The Morgan fingerprint density at radius 2 is 2.21 bits per heavy atom. The van der Waals surface area contributed by atoms with Crippen molar-refractivity contribution in [1.82, 2.24) is 15.6 Å². The lowest BCUT2D eigenvalue weighted by Crippen LogP contribution is -2.30. The van der Waals surface area contributed by atoms with Gasteiger partial charge in [0, 0.05) is 23.2 Å². The van der Waals surface area contributed by atoms with Gasteiger partial charge in [-0.2, -0.15) is 0 Å². The molecule has 2 aromatic rings. The molecule has 1 aliphatic heterocycles. The molecule has 6 heteroatoms. The van der Waals surface area contributed by atoms with E-state index in [2.05, 4.69) is 33.1 Å². The van der Waals surface area contributed by atoms with E-state index in [0.29, 0.717) is 6.42 Å². The van der Waals surface area contributed by atoms with E-state index in [1.165, 1.54) is 22.6 Å². The van der Waals surface area contributed by atoms with Crippen LogP contribution in [0.4, 0.5) is 0 Å². The molecule has 2 aromatic heterocycles. The zero-order valence-corrected chi connectivity index (χ0v) is 15.8. The number of hydrogen-bond donors (Lipinski definition) is 2. The Kier molecular flexibility index (Phi) is 6.40. The molecule has 3 rings (SSSR count). The molecule has 2 N–H and O–H groups in total. The molecule has 0 unspecified atom stereocenters. The van der Waals surface area contributed by atoms with Gasteiger partial charge in [0.2, 0.25) is 5.91 Å². The van der Waals surface area contributed by atoms with Gasteiger partial charge in [0.1, 0.15) is 0 Å². The number of nitrogens with zero attached hydrogens (tertiary/aromatic N) is 1. The van der Waals surface area contributed by atoms with Crippen molar-refractivity contribution >= 4 is 28.6 Å². The van der Waals surface area contributed by atoms with Crippen LogP contribution in [0.5, 0.6) is 0 Å². The van der Waals surface area contributed by atoms with E-state index in [9.17, 15) is 4.79 Å². The minimum absolute atomic E-state index is 0.195. The van der Waals surface area contributed by atoms with Crippen LogP contribution in [-0.4, -0.2) is 30.5 Å². The number of carbonyl (C=O) groups excluding carboxylic acids is 1. The van der Waals surface area contributed by atoms with Crippen LogP contribution in [0.2, 0.25) is 0 Å². The van der Waals surface area contributed by atoms with Crippen LogP contribution in [0.1, 0.15) is 35.6 Å². The number of amides is 1. The summed E-state index contributed by atoms with van der Waals surface area (Å²) in [5, 5.41) is 9.63. The van der Waals surface area contributed by atoms with E-state index in [1.54, 1.807) is 22.7 Å². The van der Waals surface area contributed by atoms with Crippen molar-refractivity contribution in [3.05, 3.63) is 27.4 Å². The Labute approximate surface area is 151 Å². The van der Waals surface area contributed by atoms with Crippen LogP contribution < -0.4 is 10.6 Å². The number of carbonyl (C=O) groups is 1. The maximum absolute atomic E-state index is 12.0. The normalized spacial score (nSPS) is 15.5. The standard InChI is InChI=1S/C18H25N3OS2/c1-13-21-16(12-23-13)17-4-3-15(24-17)8-11-20-18(22)5-2-14-6-9-19-10-7-14/h3-4,12,14,19H,2,5-11H2,1H3,(H,20,22). The molecule has 0 radical (unpaired) electrons. The first-order valence-corrected chi connectivity index (χ1v) is 10.4. The highest BCUT2D eigenvalue weighted by molar-refractivity contribution is 7.16. The molecule has 0 saturated carbocycles. The molecule has 3 heterocycles. The van der Waals surface area contributed by atoms with Gasteiger partial charge in [-0.3, -0.25) is 4.79 Å². The number of nitrogens with one attached hydrogen (secondary N) is 2. The largest absolute Gasteiger partial charge is 0.356 e. The average Bonchev–Trinajstić information content (AvgIpc) is 3.23. The van der Waals surface area contributed by atoms with Crippen molar-refractivity contribution in [2.75, 3.05) is 19.6 Å². The summed E-state index contributed by atoms with van der Waals surface area (Å²) in [6.45, 7) is 4.96. The maximum atomic E-state index is 12.0.